The quantitative estimate of drug-likeness (QED) is 0.439. The van der Waals surface area contributed by atoms with E-state index in [0.29, 0.717) is 12.2 Å². The molecule has 170 valence electrons. The van der Waals surface area contributed by atoms with Crippen LogP contribution in [0.3, 0.4) is 0 Å². The van der Waals surface area contributed by atoms with Crippen LogP contribution in [0.15, 0.2) is 30.3 Å². The fourth-order valence-corrected chi connectivity index (χ4v) is 5.32. The maximum absolute atomic E-state index is 6.87. The number of benzene rings is 2. The van der Waals surface area contributed by atoms with Gasteiger partial charge in [0.05, 0.1) is 50.8 Å². The first-order valence-corrected chi connectivity index (χ1v) is 11.8. The lowest BCUT2D eigenvalue weighted by Crippen LogP contribution is -2.33. The summed E-state index contributed by atoms with van der Waals surface area (Å²) in [6.07, 6.45) is 4.74. The van der Waals surface area contributed by atoms with Crippen molar-refractivity contribution in [1.82, 2.24) is 0 Å². The van der Waals surface area contributed by atoms with E-state index < -0.39 is 0 Å². The second-order valence-corrected chi connectivity index (χ2v) is 9.94. The number of anilines is 2. The largest absolute Gasteiger partial charge is 0.399 e. The highest BCUT2D eigenvalue weighted by molar-refractivity contribution is 5.64. The molecule has 6 rings (SSSR count). The van der Waals surface area contributed by atoms with E-state index in [1.165, 1.54) is 27.8 Å². The summed E-state index contributed by atoms with van der Waals surface area (Å²) in [5.41, 5.74) is 20.6. The van der Waals surface area contributed by atoms with Gasteiger partial charge in [0.25, 0.3) is 0 Å². The molecule has 0 radical (unpaired) electrons. The summed E-state index contributed by atoms with van der Waals surface area (Å²) >= 11 is 0. The molecule has 0 amide bonds. The molecular weight excluding hydrogens is 404 g/mol. The van der Waals surface area contributed by atoms with E-state index in [9.17, 15) is 0 Å². The van der Waals surface area contributed by atoms with Crippen LogP contribution in [-0.4, -0.2) is 50.8 Å². The van der Waals surface area contributed by atoms with Gasteiger partial charge in [0.1, 0.15) is 0 Å². The summed E-state index contributed by atoms with van der Waals surface area (Å²) in [7, 11) is 0. The second kappa shape index (κ2) is 7.73. The standard InChI is InChI=1S/C26H32N2O4/c1-15-24(7-16(6-19-11-29-19)23(25(15)28)8-20-12-30-20)26(9-21-13-31-21,10-22-14-32-22)17-2-4-18(27)5-3-17/h2-5,7,19-22H,6,8-14,27-28H2,1H3. The molecule has 4 atom stereocenters. The van der Waals surface area contributed by atoms with Crippen LogP contribution in [0, 0.1) is 6.92 Å². The third kappa shape index (κ3) is 4.13. The number of hydrogen-bond donors (Lipinski definition) is 2. The van der Waals surface area contributed by atoms with Crippen molar-refractivity contribution in [1.29, 1.82) is 0 Å². The van der Waals surface area contributed by atoms with Crippen molar-refractivity contribution in [2.75, 3.05) is 37.9 Å². The Balaban J connectivity index is 1.51. The smallest absolute Gasteiger partial charge is 0.0851 e. The molecule has 4 unspecified atom stereocenters. The van der Waals surface area contributed by atoms with Crippen molar-refractivity contribution >= 4 is 11.4 Å². The van der Waals surface area contributed by atoms with Crippen LogP contribution in [0.5, 0.6) is 0 Å². The maximum atomic E-state index is 6.87. The number of nitrogens with two attached hydrogens (primary N) is 2. The minimum Gasteiger partial charge on any atom is -0.399 e. The predicted molar refractivity (Wildman–Crippen MR) is 123 cm³/mol. The molecule has 4 heterocycles. The fraction of sp³-hybridized carbons (Fsp3) is 0.538. The van der Waals surface area contributed by atoms with E-state index in [4.69, 9.17) is 30.4 Å². The molecule has 0 bridgehead atoms. The van der Waals surface area contributed by atoms with Gasteiger partial charge in [0, 0.05) is 29.6 Å². The molecule has 4 aliphatic heterocycles. The van der Waals surface area contributed by atoms with Crippen LogP contribution in [0.1, 0.15) is 40.7 Å². The van der Waals surface area contributed by atoms with Crippen molar-refractivity contribution in [3.05, 3.63) is 58.1 Å². The van der Waals surface area contributed by atoms with Gasteiger partial charge >= 0.3 is 0 Å². The van der Waals surface area contributed by atoms with Crippen molar-refractivity contribution in [2.45, 2.75) is 62.4 Å². The summed E-state index contributed by atoms with van der Waals surface area (Å²) in [6, 6.07) is 10.8. The van der Waals surface area contributed by atoms with Gasteiger partial charge in [-0.2, -0.15) is 0 Å². The zero-order valence-electron chi connectivity index (χ0n) is 18.6. The normalized spacial score (nSPS) is 29.4. The molecule has 0 saturated carbocycles. The molecule has 4 saturated heterocycles. The van der Waals surface area contributed by atoms with Gasteiger partial charge < -0.3 is 30.4 Å². The molecule has 0 aliphatic carbocycles. The van der Waals surface area contributed by atoms with Crippen LogP contribution in [0.25, 0.3) is 0 Å². The number of hydrogen-bond acceptors (Lipinski definition) is 6. The average Bonchev–Trinajstić information content (AvgIpc) is 3.62. The van der Waals surface area contributed by atoms with E-state index in [-0.39, 0.29) is 17.6 Å². The molecular formula is C26H32N2O4. The highest BCUT2D eigenvalue weighted by atomic mass is 16.6. The Morgan fingerprint density at radius 1 is 0.812 bits per heavy atom. The van der Waals surface area contributed by atoms with Crippen molar-refractivity contribution < 1.29 is 18.9 Å². The molecule has 4 N–H and O–H groups in total. The van der Waals surface area contributed by atoms with Gasteiger partial charge in [-0.25, -0.2) is 0 Å². The zero-order valence-corrected chi connectivity index (χ0v) is 18.6. The average molecular weight is 437 g/mol. The topological polar surface area (TPSA) is 102 Å². The first kappa shape index (κ1) is 20.5. The Morgan fingerprint density at radius 3 is 1.88 bits per heavy atom. The van der Waals surface area contributed by atoms with Gasteiger partial charge in [-0.3, -0.25) is 0 Å². The van der Waals surface area contributed by atoms with Crippen LogP contribution in [0.4, 0.5) is 11.4 Å². The number of ether oxygens (including phenoxy) is 4. The van der Waals surface area contributed by atoms with E-state index in [1.807, 2.05) is 12.1 Å². The molecule has 6 nitrogen and oxygen atoms in total. The van der Waals surface area contributed by atoms with Crippen molar-refractivity contribution in [3.8, 4) is 0 Å². The number of rotatable bonds is 10. The lowest BCUT2D eigenvalue weighted by atomic mass is 9.66. The van der Waals surface area contributed by atoms with Gasteiger partial charge in [0.2, 0.25) is 0 Å². The number of epoxide rings is 4. The summed E-state index contributed by atoms with van der Waals surface area (Å²) in [5, 5.41) is 0. The van der Waals surface area contributed by atoms with Crippen LogP contribution in [-0.2, 0) is 37.2 Å². The van der Waals surface area contributed by atoms with Gasteiger partial charge in [-0.05, 0) is 59.7 Å². The molecule has 2 aromatic rings. The molecule has 0 spiro atoms. The van der Waals surface area contributed by atoms with E-state index in [1.54, 1.807) is 0 Å². The Morgan fingerprint density at radius 2 is 1.34 bits per heavy atom. The van der Waals surface area contributed by atoms with E-state index in [0.717, 1.165) is 63.5 Å². The summed E-state index contributed by atoms with van der Waals surface area (Å²) < 4.78 is 22.7. The van der Waals surface area contributed by atoms with E-state index in [2.05, 4.69) is 25.1 Å². The van der Waals surface area contributed by atoms with Gasteiger partial charge in [-0.15, -0.1) is 0 Å². The Labute approximate surface area is 189 Å². The molecule has 32 heavy (non-hydrogen) atoms. The van der Waals surface area contributed by atoms with Gasteiger partial charge in [-0.1, -0.05) is 18.2 Å². The Kier molecular flexibility index (Phi) is 4.95. The van der Waals surface area contributed by atoms with Crippen LogP contribution in [0.2, 0.25) is 0 Å². The van der Waals surface area contributed by atoms with E-state index >= 15 is 0 Å². The molecule has 6 heteroatoms. The maximum Gasteiger partial charge on any atom is 0.0851 e. The van der Waals surface area contributed by atoms with Crippen molar-refractivity contribution in [2.24, 2.45) is 0 Å². The first-order valence-electron chi connectivity index (χ1n) is 11.8. The second-order valence-electron chi connectivity index (χ2n) is 9.94. The summed E-state index contributed by atoms with van der Waals surface area (Å²) in [4.78, 5) is 0. The highest BCUT2D eigenvalue weighted by Gasteiger charge is 2.46. The Bertz CT molecular complexity index is 991. The minimum absolute atomic E-state index is 0.234. The third-order valence-corrected chi connectivity index (χ3v) is 7.46. The third-order valence-electron chi connectivity index (χ3n) is 7.46. The molecule has 4 aliphatic rings. The fourth-order valence-electron chi connectivity index (χ4n) is 5.32. The highest BCUT2D eigenvalue weighted by Crippen LogP contribution is 2.49. The van der Waals surface area contributed by atoms with Crippen molar-refractivity contribution in [3.63, 3.8) is 0 Å². The zero-order chi connectivity index (χ0) is 21.9. The molecule has 2 aromatic carbocycles. The predicted octanol–water partition coefficient (Wildman–Crippen LogP) is 2.91. The minimum atomic E-state index is -0.234. The van der Waals surface area contributed by atoms with Crippen LogP contribution < -0.4 is 11.5 Å². The lowest BCUT2D eigenvalue weighted by Gasteiger charge is -2.37. The monoisotopic (exact) mass is 436 g/mol. The number of nitrogen functional groups attached to an aromatic ring is 2. The lowest BCUT2D eigenvalue weighted by molar-refractivity contribution is 0.299. The molecule has 4 fully saturated rings. The Hall–Kier alpha value is -2.12. The summed E-state index contributed by atoms with van der Waals surface area (Å²) in [5.74, 6) is 0. The van der Waals surface area contributed by atoms with Crippen LogP contribution >= 0.6 is 0 Å². The first-order chi connectivity index (χ1) is 15.5. The molecule has 0 aromatic heterocycles. The SMILES string of the molecule is Cc1c(C(CC2CO2)(CC2CO2)c2ccc(N)cc2)cc(CC2CO2)c(CC2CO2)c1N. The van der Waals surface area contributed by atoms with Gasteiger partial charge in [0.15, 0.2) is 0 Å². The summed E-state index contributed by atoms with van der Waals surface area (Å²) in [6.45, 7) is 5.46.